The van der Waals surface area contributed by atoms with Crippen LogP contribution in [0.1, 0.15) is 15.9 Å². The molecule has 0 aliphatic rings. The number of benzene rings is 1. The quantitative estimate of drug-likeness (QED) is 0.653. The molecule has 1 heterocycles. The van der Waals surface area contributed by atoms with Gasteiger partial charge in [-0.2, -0.15) is 5.10 Å². The second kappa shape index (κ2) is 5.00. The van der Waals surface area contributed by atoms with Gasteiger partial charge in [0.05, 0.1) is 11.1 Å². The maximum Gasteiger partial charge on any atom is 0.341 e. The summed E-state index contributed by atoms with van der Waals surface area (Å²) >= 11 is 0. The summed E-state index contributed by atoms with van der Waals surface area (Å²) in [7, 11) is 1.55. The summed E-state index contributed by atoms with van der Waals surface area (Å²) in [6.45, 7) is 1.74. The van der Waals surface area contributed by atoms with Crippen molar-refractivity contribution in [1.29, 1.82) is 0 Å². The van der Waals surface area contributed by atoms with Crippen molar-refractivity contribution in [2.45, 2.75) is 6.92 Å². The molecule has 20 heavy (non-hydrogen) atoms. The van der Waals surface area contributed by atoms with Gasteiger partial charge in [0.25, 0.3) is 5.69 Å². The lowest BCUT2D eigenvalue weighted by Gasteiger charge is -2.09. The molecule has 0 unspecified atom stereocenters. The smallest absolute Gasteiger partial charge is 0.341 e. The van der Waals surface area contributed by atoms with E-state index in [-0.39, 0.29) is 22.8 Å². The number of carboxylic acids is 1. The lowest BCUT2D eigenvalue weighted by molar-refractivity contribution is -0.384. The molecule has 1 aromatic heterocycles. The molecular weight excluding hydrogens is 264 g/mol. The van der Waals surface area contributed by atoms with Crippen LogP contribution in [0, 0.1) is 17.0 Å². The summed E-state index contributed by atoms with van der Waals surface area (Å²) in [4.78, 5) is 21.6. The third kappa shape index (κ3) is 2.44. The standard InChI is InChI=1S/C12H12N4O4/c1-7-3-4-9(10(5-7)16(19)20)14-11-8(12(17)18)6-13-15(11)2/h3-6,14H,1-2H3,(H,17,18). The van der Waals surface area contributed by atoms with Crippen LogP contribution in [0.2, 0.25) is 0 Å². The molecule has 0 spiro atoms. The fraction of sp³-hybridized carbons (Fsp3) is 0.167. The highest BCUT2D eigenvalue weighted by Gasteiger charge is 2.19. The van der Waals surface area contributed by atoms with E-state index in [9.17, 15) is 14.9 Å². The highest BCUT2D eigenvalue weighted by atomic mass is 16.6. The van der Waals surface area contributed by atoms with Gasteiger partial charge in [-0.3, -0.25) is 14.8 Å². The number of carboxylic acid groups (broad SMARTS) is 1. The molecule has 8 nitrogen and oxygen atoms in total. The lowest BCUT2D eigenvalue weighted by atomic mass is 10.2. The Morgan fingerprint density at radius 2 is 2.20 bits per heavy atom. The Balaban J connectivity index is 2.48. The first kappa shape index (κ1) is 13.5. The van der Waals surface area contributed by atoms with Crippen LogP contribution in [0.25, 0.3) is 0 Å². The molecule has 8 heteroatoms. The van der Waals surface area contributed by atoms with Crippen molar-refractivity contribution >= 4 is 23.2 Å². The zero-order valence-corrected chi connectivity index (χ0v) is 10.8. The normalized spacial score (nSPS) is 10.3. The van der Waals surface area contributed by atoms with Crippen LogP contribution in [0.3, 0.4) is 0 Å². The zero-order chi connectivity index (χ0) is 14.9. The fourth-order valence-corrected chi connectivity index (χ4v) is 1.77. The Morgan fingerprint density at radius 3 is 2.80 bits per heavy atom. The summed E-state index contributed by atoms with van der Waals surface area (Å²) in [6, 6.07) is 4.65. The Morgan fingerprint density at radius 1 is 1.50 bits per heavy atom. The van der Waals surface area contributed by atoms with Crippen LogP contribution in [0.15, 0.2) is 24.4 Å². The van der Waals surface area contributed by atoms with E-state index < -0.39 is 10.9 Å². The van der Waals surface area contributed by atoms with Crippen molar-refractivity contribution in [3.05, 3.63) is 45.6 Å². The van der Waals surface area contributed by atoms with E-state index >= 15 is 0 Å². The molecule has 1 aromatic carbocycles. The second-order valence-corrected chi connectivity index (χ2v) is 4.24. The molecule has 0 atom stereocenters. The number of nitrogens with zero attached hydrogens (tertiary/aromatic N) is 3. The number of anilines is 2. The second-order valence-electron chi connectivity index (χ2n) is 4.24. The molecular formula is C12H12N4O4. The van der Waals surface area contributed by atoms with Crippen LogP contribution in [-0.4, -0.2) is 25.8 Å². The maximum atomic E-state index is 11.1. The lowest BCUT2D eigenvalue weighted by Crippen LogP contribution is -2.06. The van der Waals surface area contributed by atoms with E-state index in [4.69, 9.17) is 5.11 Å². The summed E-state index contributed by atoms with van der Waals surface area (Å²) in [5.41, 5.74) is 0.780. The average Bonchev–Trinajstić information content (AvgIpc) is 2.73. The first-order valence-electron chi connectivity index (χ1n) is 5.67. The number of hydrogen-bond acceptors (Lipinski definition) is 5. The van der Waals surface area contributed by atoms with Crippen molar-refractivity contribution in [2.75, 3.05) is 5.32 Å². The first-order chi connectivity index (χ1) is 9.40. The highest BCUT2D eigenvalue weighted by molar-refractivity contribution is 5.94. The minimum atomic E-state index is -1.16. The van der Waals surface area contributed by atoms with Crippen molar-refractivity contribution in [3.8, 4) is 0 Å². The van der Waals surface area contributed by atoms with E-state index in [0.717, 1.165) is 5.56 Å². The maximum absolute atomic E-state index is 11.1. The third-order valence-electron chi connectivity index (χ3n) is 2.77. The molecule has 104 valence electrons. The monoisotopic (exact) mass is 276 g/mol. The SMILES string of the molecule is Cc1ccc(Nc2c(C(=O)O)cnn2C)c([N+](=O)[O-])c1. The number of nitro groups is 1. The van der Waals surface area contributed by atoms with Crippen LogP contribution >= 0.6 is 0 Å². The van der Waals surface area contributed by atoms with Crippen LogP contribution in [0.4, 0.5) is 17.2 Å². The number of aromatic nitrogens is 2. The fourth-order valence-electron chi connectivity index (χ4n) is 1.77. The van der Waals surface area contributed by atoms with E-state index in [1.807, 2.05) is 0 Å². The predicted molar refractivity (Wildman–Crippen MR) is 71.3 cm³/mol. The van der Waals surface area contributed by atoms with Crippen molar-refractivity contribution in [3.63, 3.8) is 0 Å². The predicted octanol–water partition coefficient (Wildman–Crippen LogP) is 2.08. The van der Waals surface area contributed by atoms with Gasteiger partial charge < -0.3 is 10.4 Å². The molecule has 2 rings (SSSR count). The van der Waals surface area contributed by atoms with E-state index in [0.29, 0.717) is 0 Å². The molecule has 2 aromatic rings. The van der Waals surface area contributed by atoms with E-state index in [2.05, 4.69) is 10.4 Å². The van der Waals surface area contributed by atoms with Crippen molar-refractivity contribution in [1.82, 2.24) is 9.78 Å². The van der Waals surface area contributed by atoms with Gasteiger partial charge in [-0.1, -0.05) is 6.07 Å². The number of aromatic carboxylic acids is 1. The van der Waals surface area contributed by atoms with Gasteiger partial charge >= 0.3 is 5.97 Å². The Kier molecular flexibility index (Phi) is 3.38. The Hall–Kier alpha value is -2.90. The molecule has 0 saturated heterocycles. The van der Waals surface area contributed by atoms with Gasteiger partial charge in [0.2, 0.25) is 0 Å². The van der Waals surface area contributed by atoms with E-state index in [1.165, 1.54) is 23.0 Å². The zero-order valence-electron chi connectivity index (χ0n) is 10.8. The summed E-state index contributed by atoms with van der Waals surface area (Å²) < 4.78 is 1.31. The van der Waals surface area contributed by atoms with Gasteiger partial charge in [-0.15, -0.1) is 0 Å². The molecule has 0 saturated carbocycles. The van der Waals surface area contributed by atoms with Gasteiger partial charge in [0, 0.05) is 13.1 Å². The Bertz CT molecular complexity index is 693. The minimum Gasteiger partial charge on any atom is -0.477 e. The highest BCUT2D eigenvalue weighted by Crippen LogP contribution is 2.29. The number of hydrogen-bond donors (Lipinski definition) is 2. The first-order valence-corrected chi connectivity index (χ1v) is 5.67. The van der Waals surface area contributed by atoms with E-state index in [1.54, 1.807) is 20.0 Å². The molecule has 0 fully saturated rings. The summed E-state index contributed by atoms with van der Waals surface area (Å²) in [6.07, 6.45) is 1.19. The molecule has 0 radical (unpaired) electrons. The third-order valence-corrected chi connectivity index (χ3v) is 2.77. The number of nitro benzene ring substituents is 1. The van der Waals surface area contributed by atoms with Gasteiger partial charge in [-0.05, 0) is 18.6 Å². The summed E-state index contributed by atoms with van der Waals surface area (Å²) in [5.74, 6) is -0.972. The van der Waals surface area contributed by atoms with Crippen molar-refractivity contribution < 1.29 is 14.8 Å². The molecule has 2 N–H and O–H groups in total. The van der Waals surface area contributed by atoms with Gasteiger partial charge in [0.15, 0.2) is 0 Å². The van der Waals surface area contributed by atoms with Gasteiger partial charge in [0.1, 0.15) is 17.1 Å². The number of carbonyl (C=O) groups is 1. The van der Waals surface area contributed by atoms with Crippen LogP contribution < -0.4 is 5.32 Å². The minimum absolute atomic E-state index is 0.0534. The topological polar surface area (TPSA) is 110 Å². The largest absolute Gasteiger partial charge is 0.477 e. The van der Waals surface area contributed by atoms with Crippen LogP contribution in [0.5, 0.6) is 0 Å². The van der Waals surface area contributed by atoms with Gasteiger partial charge in [-0.25, -0.2) is 4.79 Å². The Labute approximate surface area is 113 Å². The number of rotatable bonds is 4. The number of aryl methyl sites for hydroxylation is 2. The molecule has 0 amide bonds. The molecule has 0 aliphatic carbocycles. The van der Waals surface area contributed by atoms with Crippen LogP contribution in [-0.2, 0) is 7.05 Å². The molecule has 0 aliphatic heterocycles. The average molecular weight is 276 g/mol. The summed E-state index contributed by atoms with van der Waals surface area (Å²) in [5, 5.41) is 26.7. The number of nitrogens with one attached hydrogen (secondary N) is 1. The van der Waals surface area contributed by atoms with Crippen molar-refractivity contribution in [2.24, 2.45) is 7.05 Å². The molecule has 0 bridgehead atoms.